The van der Waals surface area contributed by atoms with Crippen molar-refractivity contribution in [3.63, 3.8) is 0 Å². The molecule has 1 fully saturated rings. The van der Waals surface area contributed by atoms with Crippen LogP contribution in [0.1, 0.15) is 30.9 Å². The number of nitrogens with zero attached hydrogens (tertiary/aromatic N) is 2. The highest BCUT2D eigenvalue weighted by Crippen LogP contribution is 2.39. The lowest BCUT2D eigenvalue weighted by molar-refractivity contribution is -0.159. The first-order valence-electron chi connectivity index (χ1n) is 15.1. The molecule has 12 nitrogen and oxygen atoms in total. The molecule has 254 valence electrons. The molecule has 3 rings (SSSR count). The Morgan fingerprint density at radius 1 is 0.745 bits per heavy atom. The van der Waals surface area contributed by atoms with Gasteiger partial charge in [-0.2, -0.15) is 0 Å². The molecule has 47 heavy (non-hydrogen) atoms. The molecule has 1 atom stereocenters. The average Bonchev–Trinajstić information content (AvgIpc) is 3.10. The van der Waals surface area contributed by atoms with Crippen molar-refractivity contribution in [3.8, 4) is 34.5 Å². The number of ether oxygens (including phenoxy) is 7. The van der Waals surface area contributed by atoms with Gasteiger partial charge in [-0.3, -0.25) is 9.59 Å². The number of benzene rings is 2. The standard InChI is InChI=1S/C35H44N2O10/c1-8-47-35(40)26-23-36(31(38)15-11-9-13-24-19-27(41-2)33(45-6)28(20-24)42-3)17-18-37(26)32(39)16-12-10-14-25-21-29(43-4)34(46-7)30(22-25)44-5/h9-11,13-15,19-22,26H,8,12,16-18,23H2,1-7H3/b13-9+,14-10+,15-11+. The molecular weight excluding hydrogens is 608 g/mol. The van der Waals surface area contributed by atoms with Gasteiger partial charge in [-0.1, -0.05) is 30.4 Å². The first-order chi connectivity index (χ1) is 22.7. The third-order valence-electron chi connectivity index (χ3n) is 7.42. The van der Waals surface area contributed by atoms with E-state index in [0.717, 1.165) is 11.1 Å². The van der Waals surface area contributed by atoms with Gasteiger partial charge < -0.3 is 43.0 Å². The summed E-state index contributed by atoms with van der Waals surface area (Å²) in [7, 11) is 9.24. The number of allylic oxidation sites excluding steroid dienone is 3. The molecule has 12 heteroatoms. The van der Waals surface area contributed by atoms with E-state index in [0.29, 0.717) is 40.9 Å². The lowest BCUT2D eigenvalue weighted by atomic mass is 10.1. The Labute approximate surface area is 276 Å². The van der Waals surface area contributed by atoms with E-state index >= 15 is 0 Å². The summed E-state index contributed by atoms with van der Waals surface area (Å²) in [5, 5.41) is 0. The fraction of sp³-hybridized carbons (Fsp3) is 0.400. The molecule has 1 heterocycles. The van der Waals surface area contributed by atoms with Crippen LogP contribution in [-0.4, -0.2) is 103 Å². The van der Waals surface area contributed by atoms with E-state index in [2.05, 4.69) is 0 Å². The van der Waals surface area contributed by atoms with E-state index in [4.69, 9.17) is 33.2 Å². The molecular formula is C35H44N2O10. The van der Waals surface area contributed by atoms with Gasteiger partial charge in [0.1, 0.15) is 6.04 Å². The first kappa shape index (κ1) is 36.3. The minimum absolute atomic E-state index is 0.0333. The molecule has 1 aliphatic heterocycles. The quantitative estimate of drug-likeness (QED) is 0.155. The molecule has 0 radical (unpaired) electrons. The summed E-state index contributed by atoms with van der Waals surface area (Å²) in [5.41, 5.74) is 1.60. The Morgan fingerprint density at radius 3 is 1.77 bits per heavy atom. The molecule has 1 saturated heterocycles. The van der Waals surface area contributed by atoms with Crippen molar-refractivity contribution in [2.75, 3.05) is 68.9 Å². The number of esters is 1. The van der Waals surface area contributed by atoms with Crippen molar-refractivity contribution < 1.29 is 47.5 Å². The van der Waals surface area contributed by atoms with Gasteiger partial charge in [0.05, 0.1) is 55.8 Å². The van der Waals surface area contributed by atoms with E-state index < -0.39 is 12.0 Å². The van der Waals surface area contributed by atoms with Crippen LogP contribution in [0.15, 0.2) is 48.6 Å². The minimum Gasteiger partial charge on any atom is -0.493 e. The van der Waals surface area contributed by atoms with Gasteiger partial charge in [0.15, 0.2) is 23.0 Å². The van der Waals surface area contributed by atoms with Crippen LogP contribution in [-0.2, 0) is 19.1 Å². The number of methoxy groups -OCH3 is 6. The lowest BCUT2D eigenvalue weighted by Crippen LogP contribution is -2.59. The van der Waals surface area contributed by atoms with Gasteiger partial charge >= 0.3 is 5.97 Å². The van der Waals surface area contributed by atoms with E-state index in [9.17, 15) is 14.4 Å². The summed E-state index contributed by atoms with van der Waals surface area (Å²) in [4.78, 5) is 42.2. The molecule has 0 saturated carbocycles. The molecule has 0 N–H and O–H groups in total. The predicted octanol–water partition coefficient (Wildman–Crippen LogP) is 4.40. The summed E-state index contributed by atoms with van der Waals surface area (Å²) in [6.45, 7) is 2.38. The van der Waals surface area contributed by atoms with Crippen LogP contribution in [0, 0.1) is 0 Å². The number of piperazine rings is 1. The summed E-state index contributed by atoms with van der Waals surface area (Å²) in [5.74, 6) is 2.03. The van der Waals surface area contributed by atoms with Crippen LogP contribution in [0.4, 0.5) is 0 Å². The fourth-order valence-corrected chi connectivity index (χ4v) is 5.10. The maximum atomic E-state index is 13.2. The third kappa shape index (κ3) is 9.44. The smallest absolute Gasteiger partial charge is 0.330 e. The van der Waals surface area contributed by atoms with E-state index in [1.165, 1.54) is 39.4 Å². The van der Waals surface area contributed by atoms with Crippen LogP contribution >= 0.6 is 0 Å². The van der Waals surface area contributed by atoms with E-state index in [1.54, 1.807) is 56.4 Å². The molecule has 2 amide bonds. The average molecular weight is 653 g/mol. The molecule has 2 aromatic carbocycles. The number of rotatable bonds is 15. The lowest BCUT2D eigenvalue weighted by Gasteiger charge is -2.39. The maximum Gasteiger partial charge on any atom is 0.330 e. The second-order valence-corrected chi connectivity index (χ2v) is 10.2. The number of amides is 2. The van der Waals surface area contributed by atoms with Gasteiger partial charge in [0.25, 0.3) is 0 Å². The Kier molecular flexibility index (Phi) is 14.0. The van der Waals surface area contributed by atoms with Gasteiger partial charge in [-0.15, -0.1) is 0 Å². The SMILES string of the molecule is CCOC(=O)C1CN(C(=O)/C=C/C=C/c2cc(OC)c(OC)c(OC)c2)CCN1C(=O)CC/C=C/c1cc(OC)c(OC)c(OC)c1. The zero-order valence-corrected chi connectivity index (χ0v) is 28.1. The summed E-state index contributed by atoms with van der Waals surface area (Å²) < 4.78 is 37.5. The van der Waals surface area contributed by atoms with Gasteiger partial charge in [-0.25, -0.2) is 4.79 Å². The Bertz CT molecular complexity index is 1430. The van der Waals surface area contributed by atoms with Crippen LogP contribution in [0.5, 0.6) is 34.5 Å². The predicted molar refractivity (Wildman–Crippen MR) is 177 cm³/mol. The van der Waals surface area contributed by atoms with Gasteiger partial charge in [0.2, 0.25) is 23.3 Å². The zero-order valence-electron chi connectivity index (χ0n) is 28.1. The van der Waals surface area contributed by atoms with Gasteiger partial charge in [0, 0.05) is 25.6 Å². The van der Waals surface area contributed by atoms with Crippen molar-refractivity contribution in [3.05, 3.63) is 59.7 Å². The highest BCUT2D eigenvalue weighted by atomic mass is 16.5. The Hall–Kier alpha value is -5.13. The highest BCUT2D eigenvalue weighted by Gasteiger charge is 2.37. The monoisotopic (exact) mass is 652 g/mol. The van der Waals surface area contributed by atoms with E-state index in [1.807, 2.05) is 24.3 Å². The molecule has 1 aliphatic rings. The number of carbonyl (C=O) groups excluding carboxylic acids is 3. The molecule has 0 aliphatic carbocycles. The van der Waals surface area contributed by atoms with Crippen molar-refractivity contribution >= 4 is 29.9 Å². The highest BCUT2D eigenvalue weighted by molar-refractivity contribution is 5.90. The van der Waals surface area contributed by atoms with Crippen molar-refractivity contribution in [2.24, 2.45) is 0 Å². The molecule has 0 bridgehead atoms. The number of hydrogen-bond acceptors (Lipinski definition) is 10. The first-order valence-corrected chi connectivity index (χ1v) is 15.1. The summed E-state index contributed by atoms with van der Waals surface area (Å²) >= 11 is 0. The molecule has 0 aromatic heterocycles. The van der Waals surface area contributed by atoms with Crippen LogP contribution in [0.3, 0.4) is 0 Å². The Balaban J connectivity index is 1.63. The topological polar surface area (TPSA) is 122 Å². The third-order valence-corrected chi connectivity index (χ3v) is 7.42. The normalized spacial score (nSPS) is 14.8. The Morgan fingerprint density at radius 2 is 1.28 bits per heavy atom. The number of carbonyl (C=O) groups is 3. The van der Waals surface area contributed by atoms with Crippen molar-refractivity contribution in [1.29, 1.82) is 0 Å². The second-order valence-electron chi connectivity index (χ2n) is 10.2. The van der Waals surface area contributed by atoms with Crippen molar-refractivity contribution in [1.82, 2.24) is 9.80 Å². The van der Waals surface area contributed by atoms with Gasteiger partial charge in [-0.05, 0) is 48.7 Å². The molecule has 0 spiro atoms. The molecule has 2 aromatic rings. The minimum atomic E-state index is -0.901. The fourth-order valence-electron chi connectivity index (χ4n) is 5.10. The van der Waals surface area contributed by atoms with Crippen LogP contribution in [0.2, 0.25) is 0 Å². The number of hydrogen-bond donors (Lipinski definition) is 0. The largest absolute Gasteiger partial charge is 0.493 e. The van der Waals surface area contributed by atoms with Crippen LogP contribution in [0.25, 0.3) is 12.2 Å². The zero-order chi connectivity index (χ0) is 34.3. The summed E-state index contributed by atoms with van der Waals surface area (Å²) in [6, 6.07) is 6.30. The van der Waals surface area contributed by atoms with Crippen LogP contribution < -0.4 is 28.4 Å². The summed E-state index contributed by atoms with van der Waals surface area (Å²) in [6.07, 6.45) is 10.9. The second kappa shape index (κ2) is 18.1. The molecule has 1 unspecified atom stereocenters. The van der Waals surface area contributed by atoms with E-state index in [-0.39, 0.29) is 44.5 Å². The maximum absolute atomic E-state index is 13.2. The van der Waals surface area contributed by atoms with Crippen molar-refractivity contribution in [2.45, 2.75) is 25.8 Å².